The van der Waals surface area contributed by atoms with Gasteiger partial charge in [-0.05, 0) is 67.4 Å². The average Bonchev–Trinajstić information content (AvgIpc) is 3.22. The van der Waals surface area contributed by atoms with Gasteiger partial charge >= 0.3 is 0 Å². The summed E-state index contributed by atoms with van der Waals surface area (Å²) < 4.78 is 5.68. The summed E-state index contributed by atoms with van der Waals surface area (Å²) in [6.45, 7) is 4.18. The standard InChI is InChI=1S/C23H23ClN2O3S/c1-23(2,28)21-9-8-20(30-21)17-6-7-19(18(24)14-17)29-13-12-26-22(27)10-5-16-4-3-11-25-15-16/h3-11,14-15,28H,12-13H2,1-2H3,(H,26,27)/b10-5-. The smallest absolute Gasteiger partial charge is 0.244 e. The third-order valence-electron chi connectivity index (χ3n) is 4.20. The van der Waals surface area contributed by atoms with Crippen LogP contribution in [0, 0.1) is 0 Å². The molecule has 3 aromatic rings. The van der Waals surface area contributed by atoms with E-state index in [9.17, 15) is 9.90 Å². The van der Waals surface area contributed by atoms with Crippen molar-refractivity contribution in [3.05, 3.63) is 76.4 Å². The van der Waals surface area contributed by atoms with Gasteiger partial charge in [0.1, 0.15) is 12.4 Å². The molecule has 2 aromatic heterocycles. The normalized spacial score (nSPS) is 11.6. The SMILES string of the molecule is CC(C)(O)c1ccc(-c2ccc(OCCNC(=O)/C=C\c3cccnc3)c(Cl)c2)s1. The molecule has 30 heavy (non-hydrogen) atoms. The van der Waals surface area contributed by atoms with Crippen LogP contribution in [0.15, 0.2) is 60.9 Å². The maximum Gasteiger partial charge on any atom is 0.244 e. The van der Waals surface area contributed by atoms with Gasteiger partial charge in [-0.25, -0.2) is 0 Å². The Balaban J connectivity index is 1.50. The van der Waals surface area contributed by atoms with Crippen LogP contribution in [0.25, 0.3) is 16.5 Å². The molecule has 0 radical (unpaired) electrons. The lowest BCUT2D eigenvalue weighted by Gasteiger charge is -2.14. The lowest BCUT2D eigenvalue weighted by atomic mass is 10.1. The van der Waals surface area contributed by atoms with Gasteiger partial charge in [-0.15, -0.1) is 11.3 Å². The molecular formula is C23H23ClN2O3S. The summed E-state index contributed by atoms with van der Waals surface area (Å²) in [6.07, 6.45) is 6.52. The minimum Gasteiger partial charge on any atom is -0.490 e. The Kier molecular flexibility index (Phi) is 7.26. The molecule has 0 unspecified atom stereocenters. The van der Waals surface area contributed by atoms with Crippen molar-refractivity contribution in [2.24, 2.45) is 0 Å². The number of hydrogen-bond acceptors (Lipinski definition) is 5. The molecule has 0 aliphatic rings. The zero-order valence-corrected chi connectivity index (χ0v) is 18.3. The molecule has 0 aliphatic carbocycles. The highest BCUT2D eigenvalue weighted by Crippen LogP contribution is 2.36. The van der Waals surface area contributed by atoms with Crippen LogP contribution in [0.4, 0.5) is 0 Å². The minimum atomic E-state index is -0.868. The van der Waals surface area contributed by atoms with E-state index >= 15 is 0 Å². The zero-order valence-electron chi connectivity index (χ0n) is 16.8. The van der Waals surface area contributed by atoms with Gasteiger partial charge in [0.25, 0.3) is 0 Å². The van der Waals surface area contributed by atoms with Crippen LogP contribution in [0.2, 0.25) is 5.02 Å². The summed E-state index contributed by atoms with van der Waals surface area (Å²) in [4.78, 5) is 17.8. The number of rotatable bonds is 8. The number of aliphatic hydroxyl groups is 1. The highest BCUT2D eigenvalue weighted by atomic mass is 35.5. The number of aromatic nitrogens is 1. The Morgan fingerprint density at radius 3 is 2.80 bits per heavy atom. The minimum absolute atomic E-state index is 0.204. The van der Waals surface area contributed by atoms with Gasteiger partial charge in [0.2, 0.25) is 5.91 Å². The molecule has 1 amide bonds. The first kappa shape index (κ1) is 22.0. The summed E-state index contributed by atoms with van der Waals surface area (Å²) in [5.74, 6) is 0.351. The second-order valence-corrected chi connectivity index (χ2v) is 8.62. The van der Waals surface area contributed by atoms with Crippen molar-refractivity contribution < 1.29 is 14.6 Å². The number of nitrogens with zero attached hydrogens (tertiary/aromatic N) is 1. The van der Waals surface area contributed by atoms with Crippen molar-refractivity contribution in [3.8, 4) is 16.2 Å². The number of carbonyl (C=O) groups is 1. The van der Waals surface area contributed by atoms with Crippen molar-refractivity contribution in [2.45, 2.75) is 19.4 Å². The van der Waals surface area contributed by atoms with Gasteiger partial charge in [-0.1, -0.05) is 17.7 Å². The second kappa shape index (κ2) is 9.89. The van der Waals surface area contributed by atoms with Gasteiger partial charge in [-0.3, -0.25) is 9.78 Å². The zero-order chi connectivity index (χ0) is 21.6. The number of halogens is 1. The predicted molar refractivity (Wildman–Crippen MR) is 122 cm³/mol. The van der Waals surface area contributed by atoms with E-state index in [1.165, 1.54) is 17.4 Å². The summed E-state index contributed by atoms with van der Waals surface area (Å²) in [5, 5.41) is 13.4. The van der Waals surface area contributed by atoms with Crippen molar-refractivity contribution in [1.82, 2.24) is 10.3 Å². The lowest BCUT2D eigenvalue weighted by Crippen LogP contribution is -2.26. The molecule has 0 bridgehead atoms. The predicted octanol–water partition coefficient (Wildman–Crippen LogP) is 4.90. The lowest BCUT2D eigenvalue weighted by molar-refractivity contribution is -0.116. The second-order valence-electron chi connectivity index (χ2n) is 7.13. The van der Waals surface area contributed by atoms with E-state index in [1.54, 1.807) is 32.3 Å². The molecule has 7 heteroatoms. The highest BCUT2D eigenvalue weighted by molar-refractivity contribution is 7.15. The quantitative estimate of drug-likeness (QED) is 0.384. The van der Waals surface area contributed by atoms with E-state index in [1.807, 2.05) is 42.5 Å². The van der Waals surface area contributed by atoms with Crippen molar-refractivity contribution in [3.63, 3.8) is 0 Å². The molecule has 0 saturated carbocycles. The molecule has 0 atom stereocenters. The van der Waals surface area contributed by atoms with Gasteiger partial charge < -0.3 is 15.2 Å². The molecular weight excluding hydrogens is 420 g/mol. The molecule has 1 aromatic carbocycles. The maximum atomic E-state index is 11.9. The Bertz CT molecular complexity index is 1030. The number of amides is 1. The molecule has 0 aliphatic heterocycles. The van der Waals surface area contributed by atoms with Crippen LogP contribution in [0.5, 0.6) is 5.75 Å². The fourth-order valence-electron chi connectivity index (χ4n) is 2.63. The highest BCUT2D eigenvalue weighted by Gasteiger charge is 2.19. The summed E-state index contributed by atoms with van der Waals surface area (Å²) in [6, 6.07) is 13.1. The summed E-state index contributed by atoms with van der Waals surface area (Å²) in [7, 11) is 0. The Morgan fingerprint density at radius 1 is 1.30 bits per heavy atom. The number of carbonyl (C=O) groups excluding carboxylic acids is 1. The molecule has 156 valence electrons. The van der Waals surface area contributed by atoms with E-state index in [0.29, 0.717) is 23.9 Å². The number of hydrogen-bond donors (Lipinski definition) is 2. The largest absolute Gasteiger partial charge is 0.490 e. The van der Waals surface area contributed by atoms with E-state index in [2.05, 4.69) is 10.3 Å². The molecule has 2 heterocycles. The Morgan fingerprint density at radius 2 is 2.13 bits per heavy atom. The van der Waals surface area contributed by atoms with Crippen LogP contribution in [-0.2, 0) is 10.4 Å². The number of ether oxygens (including phenoxy) is 1. The molecule has 0 fully saturated rings. The van der Waals surface area contributed by atoms with Crippen molar-refractivity contribution in [2.75, 3.05) is 13.2 Å². The fourth-order valence-corrected chi connectivity index (χ4v) is 3.87. The monoisotopic (exact) mass is 442 g/mol. The van der Waals surface area contributed by atoms with E-state index in [-0.39, 0.29) is 5.91 Å². The molecule has 0 spiro atoms. The number of thiophene rings is 1. The first-order valence-corrected chi connectivity index (χ1v) is 10.6. The fraction of sp³-hybridized carbons (Fsp3) is 0.217. The maximum absolute atomic E-state index is 11.9. The van der Waals surface area contributed by atoms with Gasteiger partial charge in [0.15, 0.2) is 0 Å². The number of benzene rings is 1. The van der Waals surface area contributed by atoms with Crippen LogP contribution in [0.3, 0.4) is 0 Å². The topological polar surface area (TPSA) is 71.5 Å². The average molecular weight is 443 g/mol. The molecule has 3 rings (SSSR count). The van der Waals surface area contributed by atoms with Crippen LogP contribution in [0.1, 0.15) is 24.3 Å². The van der Waals surface area contributed by atoms with Crippen LogP contribution < -0.4 is 10.1 Å². The molecule has 0 saturated heterocycles. The summed E-state index contributed by atoms with van der Waals surface area (Å²) >= 11 is 7.89. The van der Waals surface area contributed by atoms with E-state index in [4.69, 9.17) is 16.3 Å². The van der Waals surface area contributed by atoms with Gasteiger partial charge in [0.05, 0.1) is 17.2 Å². The Labute approximate surface area is 185 Å². The van der Waals surface area contributed by atoms with Crippen LogP contribution >= 0.6 is 22.9 Å². The van der Waals surface area contributed by atoms with E-state index < -0.39 is 5.60 Å². The van der Waals surface area contributed by atoms with Crippen molar-refractivity contribution in [1.29, 1.82) is 0 Å². The number of nitrogens with one attached hydrogen (secondary N) is 1. The first-order chi connectivity index (χ1) is 14.3. The van der Waals surface area contributed by atoms with Gasteiger partial charge in [0, 0.05) is 28.2 Å². The first-order valence-electron chi connectivity index (χ1n) is 9.44. The third kappa shape index (κ3) is 6.16. The molecule has 5 nitrogen and oxygen atoms in total. The molecule has 2 N–H and O–H groups in total. The third-order valence-corrected chi connectivity index (χ3v) is 5.94. The Hall–Kier alpha value is -2.67. The van der Waals surface area contributed by atoms with Crippen LogP contribution in [-0.4, -0.2) is 29.1 Å². The number of pyridine rings is 1. The van der Waals surface area contributed by atoms with E-state index in [0.717, 1.165) is 20.9 Å². The van der Waals surface area contributed by atoms with Gasteiger partial charge in [-0.2, -0.15) is 0 Å². The summed E-state index contributed by atoms with van der Waals surface area (Å²) in [5.41, 5.74) is 0.950. The van der Waals surface area contributed by atoms with Crippen molar-refractivity contribution >= 4 is 34.9 Å².